The highest BCUT2D eigenvalue weighted by atomic mass is 16.2. The van der Waals surface area contributed by atoms with Gasteiger partial charge in [0.15, 0.2) is 11.6 Å². The molecule has 6 unspecified atom stereocenters. The molecule has 0 spiro atoms. The molecule has 12 bridgehead atoms. The van der Waals surface area contributed by atoms with E-state index in [-0.39, 0.29) is 28.9 Å². The van der Waals surface area contributed by atoms with E-state index >= 15 is 0 Å². The fraction of sp³-hybridized carbons (Fsp3) is 0.655. The molecule has 6 aliphatic carbocycles. The van der Waals surface area contributed by atoms with Crippen molar-refractivity contribution in [1.29, 1.82) is 0 Å². The number of nitrogens with zero attached hydrogens (tertiary/aromatic N) is 6. The molecule has 0 N–H and O–H groups in total. The van der Waals surface area contributed by atoms with Gasteiger partial charge in [0.05, 0.1) is 11.1 Å². The molecule has 3 aromatic carbocycles. The number of piperidine rings is 6. The van der Waals surface area contributed by atoms with E-state index in [9.17, 15) is 24.0 Å². The third kappa shape index (κ3) is 12.8. The van der Waals surface area contributed by atoms with Gasteiger partial charge in [0.25, 0.3) is 0 Å². The Morgan fingerprint density at radius 3 is 0.884 bits per heavy atom. The summed E-state index contributed by atoms with van der Waals surface area (Å²) in [7, 11) is 0. The zero-order chi connectivity index (χ0) is 64.6. The van der Waals surface area contributed by atoms with Gasteiger partial charge in [-0.05, 0) is 201 Å². The van der Waals surface area contributed by atoms with Gasteiger partial charge in [0, 0.05) is 144 Å². The Morgan fingerprint density at radius 2 is 0.579 bits per heavy atom. The second-order valence-electron chi connectivity index (χ2n) is 33.7. The van der Waals surface area contributed by atoms with Crippen molar-refractivity contribution in [2.75, 3.05) is 0 Å². The minimum atomic E-state index is -0.373. The average Bonchev–Trinajstić information content (AvgIpc) is 1.75. The van der Waals surface area contributed by atoms with Crippen LogP contribution in [0.5, 0.6) is 0 Å². The first-order chi connectivity index (χ1) is 46.3. The number of benzene rings is 3. The summed E-state index contributed by atoms with van der Waals surface area (Å²) in [4.78, 5) is 69.9. The summed E-state index contributed by atoms with van der Waals surface area (Å²) in [5, 5.41) is 3.14. The Kier molecular flexibility index (Phi) is 18.5. The van der Waals surface area contributed by atoms with Gasteiger partial charge in [-0.2, -0.15) is 0 Å². The van der Waals surface area contributed by atoms with Crippen LogP contribution in [0.4, 0.5) is 0 Å². The number of carbonyl (C=O) groups is 5. The molecule has 95 heavy (non-hydrogen) atoms. The predicted octanol–water partition coefficient (Wildman–Crippen LogP) is 18.2. The predicted molar refractivity (Wildman–Crippen MR) is 380 cm³/mol. The number of rotatable bonds is 12. The van der Waals surface area contributed by atoms with Gasteiger partial charge in [-0.3, -0.25) is 38.7 Å². The molecule has 0 radical (unpaired) electrons. The molecule has 6 saturated carbocycles. The molecule has 6 aromatic rings. The largest absolute Gasteiger partial charge is 0.344 e. The minimum Gasteiger partial charge on any atom is -0.344 e. The first kappa shape index (κ1) is 64.2. The summed E-state index contributed by atoms with van der Waals surface area (Å²) in [5.41, 5.74) is 5.95. The van der Waals surface area contributed by atoms with Crippen LogP contribution in [-0.2, 0) is 20.8 Å². The van der Waals surface area contributed by atoms with Crippen LogP contribution in [0.1, 0.15) is 277 Å². The minimum absolute atomic E-state index is 0.262. The van der Waals surface area contributed by atoms with Gasteiger partial charge in [-0.25, -0.2) is 0 Å². The number of fused-ring (bicyclic) bond motifs is 15. The smallest absolute Gasteiger partial charge is 0.230 e. The molecule has 18 rings (SSSR count). The maximum Gasteiger partial charge on any atom is 0.230 e. The van der Waals surface area contributed by atoms with Crippen LogP contribution < -0.4 is 0 Å². The van der Waals surface area contributed by atoms with Crippen molar-refractivity contribution < 1.29 is 24.0 Å². The zero-order valence-corrected chi connectivity index (χ0v) is 57.8. The van der Waals surface area contributed by atoms with Crippen molar-refractivity contribution in [2.24, 2.45) is 35.5 Å². The van der Waals surface area contributed by atoms with Crippen molar-refractivity contribution in [1.82, 2.24) is 28.4 Å². The lowest BCUT2D eigenvalue weighted by atomic mass is 9.68. The van der Waals surface area contributed by atoms with Crippen LogP contribution in [0.25, 0.3) is 32.7 Å². The van der Waals surface area contributed by atoms with Crippen molar-refractivity contribution in [2.45, 2.75) is 312 Å². The van der Waals surface area contributed by atoms with Crippen molar-refractivity contribution in [3.8, 4) is 0 Å². The number of aromatic nitrogens is 3. The molecule has 9 heterocycles. The number of carbonyl (C=O) groups excluding carboxylic acids is 5. The molecule has 3 aromatic heterocycles. The number of hydrogen-bond donors (Lipinski definition) is 0. The Hall–Kier alpha value is -5.49. The maximum absolute atomic E-state index is 12.6. The number of ketones is 5. The quantitative estimate of drug-likeness (QED) is 0.0880. The fourth-order valence-electron chi connectivity index (χ4n) is 24.2. The normalized spacial score (nSPS) is 35.3. The molecule has 11 nitrogen and oxygen atoms in total. The van der Waals surface area contributed by atoms with E-state index in [4.69, 9.17) is 0 Å². The summed E-state index contributed by atoms with van der Waals surface area (Å²) in [6.07, 6.45) is 52.7. The topological polar surface area (TPSA) is 110 Å². The van der Waals surface area contributed by atoms with E-state index in [2.05, 4.69) is 83.1 Å². The standard InChI is InChI=1S/2C28H36N2O2.C28H38N2O/c2*1-18(31)28(32)26-17-29(27-11-3-2-10-25(26)27)23-15-21-8-5-9-22(16-23)30(21)24-13-19-6-4-7-20(12-19)14-24;1-19(31)12-22-18-29(28-11-3-2-10-27(22)28)25-16-23-8-5-9-24(17-25)30(23)26-14-20-6-4-7-21(13-20)15-26/h2*2-3,10-11,17,19-24H,4-9,12-16H2,1H3;2-3,10-11,18,20-21,23-26H,4-9,12-17H2,1H3/t2*19-,20+,21-,22+,23?,24?;20-,21+,23-,24+,25?,26?. The van der Waals surface area contributed by atoms with E-state index in [1.807, 2.05) is 36.7 Å². The third-order valence-corrected chi connectivity index (χ3v) is 27.6. The van der Waals surface area contributed by atoms with Gasteiger partial charge in [-0.1, -0.05) is 132 Å². The lowest BCUT2D eigenvalue weighted by Gasteiger charge is -2.55. The highest BCUT2D eigenvalue weighted by Gasteiger charge is 2.49. The third-order valence-electron chi connectivity index (χ3n) is 27.6. The van der Waals surface area contributed by atoms with E-state index in [1.54, 1.807) is 6.92 Å². The van der Waals surface area contributed by atoms with Crippen LogP contribution in [0.15, 0.2) is 91.4 Å². The summed E-state index contributed by atoms with van der Waals surface area (Å²) < 4.78 is 7.26. The molecule has 12 aliphatic rings. The SMILES string of the molecule is CC(=O)C(=O)c1cn(C2C[C@H]3CCC[C@@H](C2)N3C2C[C@H]3CCC[C@@H](C2)C3)c2ccccc12.CC(=O)C(=O)c1cn(C2C[C@H]3CCC[C@@H](C2)N3C2C[C@H]3CCC[C@@H](C2)C3)c2ccccc12.CC(=O)Cc1cn(C2C[C@H]3CCC[C@@H](C2)N3C2C[C@H]3CCC[C@@H](C2)C3)c2ccccc12. The monoisotopic (exact) mass is 1280 g/mol. The summed E-state index contributed by atoms with van der Waals surface area (Å²) >= 11 is 0. The molecule has 506 valence electrons. The van der Waals surface area contributed by atoms with E-state index in [0.29, 0.717) is 59.8 Å². The Morgan fingerprint density at radius 1 is 0.305 bits per heavy atom. The van der Waals surface area contributed by atoms with Crippen LogP contribution >= 0.6 is 0 Å². The van der Waals surface area contributed by atoms with E-state index in [1.165, 1.54) is 242 Å². The summed E-state index contributed by atoms with van der Waals surface area (Å²) in [6.45, 7) is 4.49. The second-order valence-corrected chi connectivity index (χ2v) is 33.7. The van der Waals surface area contributed by atoms with Gasteiger partial charge < -0.3 is 13.7 Å². The number of para-hydroxylation sites is 3. The van der Waals surface area contributed by atoms with Crippen molar-refractivity contribution in [3.63, 3.8) is 0 Å². The summed E-state index contributed by atoms with van der Waals surface area (Å²) in [5.74, 6) is 4.72. The van der Waals surface area contributed by atoms with Crippen LogP contribution in [0.3, 0.4) is 0 Å². The van der Waals surface area contributed by atoms with Gasteiger partial charge >= 0.3 is 0 Å². The molecule has 6 saturated heterocycles. The van der Waals surface area contributed by atoms with Crippen LogP contribution in [-0.4, -0.2) is 112 Å². The Bertz CT molecular complexity index is 3570. The molecule has 11 heteroatoms. The molecular formula is C84H110N6O5. The Balaban J connectivity index is 0.000000112. The number of Topliss-reactive ketones (excluding diaryl/α,β-unsaturated/α-hetero) is 5. The first-order valence-electron chi connectivity index (χ1n) is 39.0. The van der Waals surface area contributed by atoms with Gasteiger partial charge in [0.2, 0.25) is 11.6 Å². The van der Waals surface area contributed by atoms with Gasteiger partial charge in [-0.15, -0.1) is 0 Å². The van der Waals surface area contributed by atoms with Crippen LogP contribution in [0, 0.1) is 35.5 Å². The molecular weight excluding hydrogens is 1170 g/mol. The zero-order valence-electron chi connectivity index (χ0n) is 57.8. The fourth-order valence-corrected chi connectivity index (χ4v) is 24.2. The number of hydrogen-bond acceptors (Lipinski definition) is 8. The molecule has 0 amide bonds. The lowest BCUT2D eigenvalue weighted by Crippen LogP contribution is -2.58. The average molecular weight is 1280 g/mol. The molecule has 12 fully saturated rings. The first-order valence-corrected chi connectivity index (χ1v) is 39.0. The van der Waals surface area contributed by atoms with Crippen molar-refractivity contribution in [3.05, 3.63) is 108 Å². The maximum atomic E-state index is 12.6. The second kappa shape index (κ2) is 27.3. The van der Waals surface area contributed by atoms with Crippen LogP contribution in [0.2, 0.25) is 0 Å². The molecule has 18 atom stereocenters. The van der Waals surface area contributed by atoms with Gasteiger partial charge in [0.1, 0.15) is 5.78 Å². The van der Waals surface area contributed by atoms with Crippen molar-refractivity contribution >= 4 is 61.6 Å². The van der Waals surface area contributed by atoms with E-state index in [0.717, 1.165) is 87.5 Å². The van der Waals surface area contributed by atoms with E-state index < -0.39 is 0 Å². The summed E-state index contributed by atoms with van der Waals surface area (Å²) in [6, 6.07) is 33.1. The molecule has 6 aliphatic heterocycles. The lowest BCUT2D eigenvalue weighted by molar-refractivity contribution is -0.116. The highest BCUT2D eigenvalue weighted by molar-refractivity contribution is 6.45. The Labute approximate surface area is 566 Å². The highest BCUT2D eigenvalue weighted by Crippen LogP contribution is 2.52.